The molecule has 1 heterocycles. The number of hydrogen-bond acceptors (Lipinski definition) is 3. The molecule has 0 atom stereocenters. The lowest BCUT2D eigenvalue weighted by Gasteiger charge is -2.22. The van der Waals surface area contributed by atoms with E-state index in [2.05, 4.69) is 5.10 Å². The van der Waals surface area contributed by atoms with Crippen LogP contribution in [0.1, 0.15) is 24.5 Å². The van der Waals surface area contributed by atoms with Crippen molar-refractivity contribution < 1.29 is 19.8 Å². The maximum atomic E-state index is 11.4. The molecule has 0 bridgehead atoms. The molecule has 122 valence electrons. The Hall–Kier alpha value is -2.34. The molecule has 2 rings (SSSR count). The van der Waals surface area contributed by atoms with Gasteiger partial charge >= 0.3 is 11.9 Å². The Kier molecular flexibility index (Phi) is 5.05. The van der Waals surface area contributed by atoms with Gasteiger partial charge < -0.3 is 10.2 Å². The zero-order valence-corrected chi connectivity index (χ0v) is 13.3. The first-order chi connectivity index (χ1) is 10.9. The smallest absolute Gasteiger partial charge is 0.321 e. The van der Waals surface area contributed by atoms with Crippen LogP contribution in [-0.2, 0) is 22.6 Å². The number of halogens is 1. The molecule has 7 heteroatoms. The van der Waals surface area contributed by atoms with Gasteiger partial charge in [-0.25, -0.2) is 0 Å². The zero-order valence-electron chi connectivity index (χ0n) is 12.6. The highest BCUT2D eigenvalue weighted by Crippen LogP contribution is 2.28. The first-order valence-corrected chi connectivity index (χ1v) is 7.48. The van der Waals surface area contributed by atoms with E-state index in [1.54, 1.807) is 23.9 Å². The summed E-state index contributed by atoms with van der Waals surface area (Å²) in [6.07, 6.45) is 3.02. The number of nitrogens with zero attached hydrogens (tertiary/aromatic N) is 2. The van der Waals surface area contributed by atoms with Crippen molar-refractivity contribution in [3.05, 3.63) is 52.8 Å². The minimum absolute atomic E-state index is 0.00659. The second-order valence-corrected chi connectivity index (χ2v) is 5.77. The van der Waals surface area contributed by atoms with Crippen LogP contribution in [0.2, 0.25) is 5.02 Å². The Bertz CT molecular complexity index is 712. The molecule has 1 aromatic heterocycles. The molecule has 0 unspecified atom stereocenters. The van der Waals surface area contributed by atoms with Crippen LogP contribution in [0.25, 0.3) is 0 Å². The molecular formula is C16H17ClN2O4. The predicted molar refractivity (Wildman–Crippen MR) is 84.5 cm³/mol. The SMILES string of the molecule is CCC(Cc1cnn(Cc2ccccc2Cl)c1)(C(=O)O)C(=O)O. The molecule has 1 aromatic carbocycles. The number of hydrogen-bond donors (Lipinski definition) is 2. The van der Waals surface area contributed by atoms with Crippen LogP contribution in [-0.4, -0.2) is 31.9 Å². The third kappa shape index (κ3) is 3.53. The van der Waals surface area contributed by atoms with Crippen molar-refractivity contribution in [1.29, 1.82) is 0 Å². The quantitative estimate of drug-likeness (QED) is 0.758. The van der Waals surface area contributed by atoms with E-state index in [-0.39, 0.29) is 12.8 Å². The molecule has 0 aliphatic rings. The summed E-state index contributed by atoms with van der Waals surface area (Å²) < 4.78 is 1.61. The van der Waals surface area contributed by atoms with E-state index in [0.29, 0.717) is 17.1 Å². The fourth-order valence-corrected chi connectivity index (χ4v) is 2.60. The molecule has 0 radical (unpaired) electrons. The Labute approximate surface area is 138 Å². The summed E-state index contributed by atoms with van der Waals surface area (Å²) in [5.41, 5.74) is -0.399. The van der Waals surface area contributed by atoms with Gasteiger partial charge in [-0.05, 0) is 23.6 Å². The molecule has 6 nitrogen and oxygen atoms in total. The minimum atomic E-state index is -1.84. The van der Waals surface area contributed by atoms with Gasteiger partial charge in [0.2, 0.25) is 0 Å². The summed E-state index contributed by atoms with van der Waals surface area (Å²) in [6, 6.07) is 7.34. The fraction of sp³-hybridized carbons (Fsp3) is 0.312. The predicted octanol–water partition coefficient (Wildman–Crippen LogP) is 2.69. The van der Waals surface area contributed by atoms with Crippen LogP contribution in [0, 0.1) is 5.41 Å². The van der Waals surface area contributed by atoms with Gasteiger partial charge in [0, 0.05) is 17.6 Å². The lowest BCUT2D eigenvalue weighted by Crippen LogP contribution is -2.40. The number of carbonyl (C=O) groups is 2. The molecule has 23 heavy (non-hydrogen) atoms. The van der Waals surface area contributed by atoms with Crippen LogP contribution in [0.3, 0.4) is 0 Å². The van der Waals surface area contributed by atoms with E-state index < -0.39 is 17.4 Å². The van der Waals surface area contributed by atoms with Gasteiger partial charge in [0.25, 0.3) is 0 Å². The molecular weight excluding hydrogens is 320 g/mol. The summed E-state index contributed by atoms with van der Waals surface area (Å²) in [4.78, 5) is 22.8. The molecule has 2 aromatic rings. The van der Waals surface area contributed by atoms with Gasteiger partial charge in [0.1, 0.15) is 0 Å². The van der Waals surface area contributed by atoms with Gasteiger partial charge in [-0.1, -0.05) is 36.7 Å². The summed E-state index contributed by atoms with van der Waals surface area (Å²) in [6.45, 7) is 1.98. The normalized spacial score (nSPS) is 11.4. The molecule has 0 aliphatic heterocycles. The summed E-state index contributed by atoms with van der Waals surface area (Å²) in [7, 11) is 0. The van der Waals surface area contributed by atoms with Gasteiger partial charge in [0.15, 0.2) is 5.41 Å². The van der Waals surface area contributed by atoms with Crippen LogP contribution >= 0.6 is 11.6 Å². The van der Waals surface area contributed by atoms with Crippen molar-refractivity contribution >= 4 is 23.5 Å². The second kappa shape index (κ2) is 6.83. The molecule has 0 saturated heterocycles. The standard InChI is InChI=1S/C16H17ClN2O4/c1-2-16(14(20)21,15(22)23)7-11-8-18-19(9-11)10-12-5-3-4-6-13(12)17/h3-6,8-9H,2,7,10H2,1H3,(H,20,21)(H,22,23). The fourth-order valence-electron chi connectivity index (χ4n) is 2.40. The third-order valence-electron chi connectivity index (χ3n) is 3.91. The minimum Gasteiger partial charge on any atom is -0.480 e. The van der Waals surface area contributed by atoms with E-state index >= 15 is 0 Å². The Balaban J connectivity index is 2.20. The molecule has 2 N–H and O–H groups in total. The van der Waals surface area contributed by atoms with Crippen LogP contribution < -0.4 is 0 Å². The molecule has 0 saturated carbocycles. The molecule has 0 aliphatic carbocycles. The van der Waals surface area contributed by atoms with Crippen molar-refractivity contribution in [1.82, 2.24) is 9.78 Å². The van der Waals surface area contributed by atoms with Crippen molar-refractivity contribution in [2.24, 2.45) is 5.41 Å². The Morgan fingerprint density at radius 1 is 1.26 bits per heavy atom. The van der Waals surface area contributed by atoms with Crippen molar-refractivity contribution in [3.8, 4) is 0 Å². The molecule has 0 fully saturated rings. The Morgan fingerprint density at radius 3 is 2.48 bits per heavy atom. The number of carboxylic acids is 2. The second-order valence-electron chi connectivity index (χ2n) is 5.36. The third-order valence-corrected chi connectivity index (χ3v) is 4.27. The highest BCUT2D eigenvalue weighted by atomic mass is 35.5. The maximum Gasteiger partial charge on any atom is 0.321 e. The number of aromatic nitrogens is 2. The molecule has 0 amide bonds. The van der Waals surface area contributed by atoms with E-state index in [0.717, 1.165) is 5.56 Å². The van der Waals surface area contributed by atoms with Crippen molar-refractivity contribution in [2.45, 2.75) is 26.3 Å². The van der Waals surface area contributed by atoms with Gasteiger partial charge in [0.05, 0.1) is 12.7 Å². The van der Waals surface area contributed by atoms with Gasteiger partial charge in [-0.15, -0.1) is 0 Å². The molecule has 0 spiro atoms. The van der Waals surface area contributed by atoms with E-state index in [4.69, 9.17) is 11.6 Å². The lowest BCUT2D eigenvalue weighted by atomic mass is 9.80. The topological polar surface area (TPSA) is 92.4 Å². The monoisotopic (exact) mass is 336 g/mol. The highest BCUT2D eigenvalue weighted by molar-refractivity contribution is 6.31. The lowest BCUT2D eigenvalue weighted by molar-refractivity contribution is -0.164. The van der Waals surface area contributed by atoms with Crippen LogP contribution in [0.5, 0.6) is 0 Å². The number of carboxylic acid groups (broad SMARTS) is 2. The van der Waals surface area contributed by atoms with E-state index in [1.807, 2.05) is 18.2 Å². The summed E-state index contributed by atoms with van der Waals surface area (Å²) >= 11 is 6.10. The van der Waals surface area contributed by atoms with Gasteiger partial charge in [-0.2, -0.15) is 5.10 Å². The number of benzene rings is 1. The first-order valence-electron chi connectivity index (χ1n) is 7.10. The number of aliphatic carboxylic acids is 2. The average Bonchev–Trinajstić information content (AvgIpc) is 2.93. The van der Waals surface area contributed by atoms with E-state index in [9.17, 15) is 19.8 Å². The highest BCUT2D eigenvalue weighted by Gasteiger charge is 2.45. The van der Waals surface area contributed by atoms with Crippen molar-refractivity contribution in [2.75, 3.05) is 0 Å². The van der Waals surface area contributed by atoms with Gasteiger partial charge in [-0.3, -0.25) is 14.3 Å². The first kappa shape index (κ1) is 17.0. The van der Waals surface area contributed by atoms with E-state index in [1.165, 1.54) is 6.20 Å². The number of rotatable bonds is 7. The Morgan fingerprint density at radius 2 is 1.91 bits per heavy atom. The van der Waals surface area contributed by atoms with Crippen LogP contribution in [0.4, 0.5) is 0 Å². The average molecular weight is 337 g/mol. The maximum absolute atomic E-state index is 11.4. The zero-order chi connectivity index (χ0) is 17.0. The largest absolute Gasteiger partial charge is 0.480 e. The van der Waals surface area contributed by atoms with Crippen molar-refractivity contribution in [3.63, 3.8) is 0 Å². The summed E-state index contributed by atoms with van der Waals surface area (Å²) in [5, 5.41) is 23.4. The van der Waals surface area contributed by atoms with Crippen LogP contribution in [0.15, 0.2) is 36.7 Å². The summed E-state index contributed by atoms with van der Waals surface area (Å²) in [5.74, 6) is -2.68.